The molecular formula is C22H25NO3. The van der Waals surface area contributed by atoms with Crippen LogP contribution in [0.1, 0.15) is 55.6 Å². The van der Waals surface area contributed by atoms with Crippen LogP contribution in [0.25, 0.3) is 0 Å². The summed E-state index contributed by atoms with van der Waals surface area (Å²) in [6.07, 6.45) is 2.79. The third-order valence-corrected chi connectivity index (χ3v) is 4.64. The molecule has 136 valence electrons. The zero-order chi connectivity index (χ0) is 18.9. The number of benzene rings is 2. The van der Waals surface area contributed by atoms with Crippen LogP contribution < -0.4 is 4.74 Å². The van der Waals surface area contributed by atoms with Gasteiger partial charge in [0.2, 0.25) is 0 Å². The molecule has 1 aliphatic rings. The molecule has 0 aliphatic carbocycles. The Morgan fingerprint density at radius 1 is 1.12 bits per heavy atom. The molecule has 2 aromatic rings. The van der Waals surface area contributed by atoms with Gasteiger partial charge >= 0.3 is 5.97 Å². The second-order valence-corrected chi connectivity index (χ2v) is 7.97. The minimum Gasteiger partial charge on any atom is -0.488 e. The predicted molar refractivity (Wildman–Crippen MR) is 104 cm³/mol. The Bertz CT molecular complexity index is 848. The third-order valence-electron chi connectivity index (χ3n) is 4.64. The molecule has 1 heterocycles. The smallest absolute Gasteiger partial charge is 0.337 e. The summed E-state index contributed by atoms with van der Waals surface area (Å²) in [6, 6.07) is 13.2. The van der Waals surface area contributed by atoms with Gasteiger partial charge in [-0.2, -0.15) is 0 Å². The maximum Gasteiger partial charge on any atom is 0.337 e. The lowest BCUT2D eigenvalue weighted by Crippen LogP contribution is -2.41. The molecule has 3 rings (SSSR count). The first-order valence-corrected chi connectivity index (χ1v) is 8.76. The molecule has 2 aromatic carbocycles. The zero-order valence-corrected chi connectivity index (χ0v) is 16.0. The van der Waals surface area contributed by atoms with Gasteiger partial charge < -0.3 is 9.47 Å². The van der Waals surface area contributed by atoms with Gasteiger partial charge in [0.1, 0.15) is 11.4 Å². The van der Waals surface area contributed by atoms with Crippen molar-refractivity contribution in [3.8, 4) is 5.75 Å². The Balaban J connectivity index is 1.83. The minimum absolute atomic E-state index is 0.0798. The predicted octanol–water partition coefficient (Wildman–Crippen LogP) is 5.06. The highest BCUT2D eigenvalue weighted by atomic mass is 16.5. The lowest BCUT2D eigenvalue weighted by atomic mass is 9.73. The van der Waals surface area contributed by atoms with Crippen LogP contribution in [0.15, 0.2) is 47.5 Å². The maximum atomic E-state index is 11.5. The van der Waals surface area contributed by atoms with Gasteiger partial charge in [-0.15, -0.1) is 0 Å². The van der Waals surface area contributed by atoms with Gasteiger partial charge in [-0.25, -0.2) is 4.79 Å². The van der Waals surface area contributed by atoms with E-state index in [1.807, 2.05) is 12.3 Å². The highest BCUT2D eigenvalue weighted by Gasteiger charge is 2.38. The molecular weight excluding hydrogens is 326 g/mol. The van der Waals surface area contributed by atoms with E-state index >= 15 is 0 Å². The van der Waals surface area contributed by atoms with Crippen LogP contribution in [-0.2, 0) is 10.2 Å². The van der Waals surface area contributed by atoms with Crippen LogP contribution >= 0.6 is 0 Å². The molecule has 0 bridgehead atoms. The molecule has 1 aliphatic heterocycles. The van der Waals surface area contributed by atoms with Gasteiger partial charge in [-0.05, 0) is 67.1 Å². The highest BCUT2D eigenvalue weighted by molar-refractivity contribution is 5.90. The van der Waals surface area contributed by atoms with Crippen molar-refractivity contribution in [2.45, 2.75) is 45.1 Å². The second kappa shape index (κ2) is 6.60. The topological polar surface area (TPSA) is 47.9 Å². The molecule has 0 spiro atoms. The van der Waals surface area contributed by atoms with E-state index in [2.05, 4.69) is 44.8 Å². The molecule has 0 amide bonds. The van der Waals surface area contributed by atoms with Crippen LogP contribution in [0.5, 0.6) is 5.75 Å². The van der Waals surface area contributed by atoms with Crippen LogP contribution in [-0.4, -0.2) is 24.9 Å². The van der Waals surface area contributed by atoms with E-state index in [0.717, 1.165) is 23.4 Å². The van der Waals surface area contributed by atoms with Gasteiger partial charge in [-0.3, -0.25) is 4.99 Å². The Labute approximate surface area is 154 Å². The van der Waals surface area contributed by atoms with Crippen molar-refractivity contribution in [1.82, 2.24) is 0 Å². The highest BCUT2D eigenvalue weighted by Crippen LogP contribution is 2.44. The molecule has 0 fully saturated rings. The molecule has 0 unspecified atom stereocenters. The van der Waals surface area contributed by atoms with Crippen LogP contribution in [0.4, 0.5) is 5.69 Å². The Hall–Kier alpha value is -2.62. The normalized spacial score (nSPS) is 17.4. The number of rotatable bonds is 3. The van der Waals surface area contributed by atoms with Gasteiger partial charge in [0, 0.05) is 6.21 Å². The maximum absolute atomic E-state index is 11.5. The first-order chi connectivity index (χ1) is 12.2. The van der Waals surface area contributed by atoms with Crippen LogP contribution in [0, 0.1) is 0 Å². The number of aliphatic imine (C=N–C) groups is 1. The van der Waals surface area contributed by atoms with E-state index in [1.54, 1.807) is 24.3 Å². The largest absolute Gasteiger partial charge is 0.488 e. The number of ether oxygens (including phenoxy) is 2. The van der Waals surface area contributed by atoms with Gasteiger partial charge in [0.25, 0.3) is 0 Å². The van der Waals surface area contributed by atoms with E-state index in [-0.39, 0.29) is 17.0 Å². The fourth-order valence-corrected chi connectivity index (χ4v) is 3.71. The van der Waals surface area contributed by atoms with Crippen LogP contribution in [0.2, 0.25) is 0 Å². The monoisotopic (exact) mass is 351 g/mol. The number of nitrogens with zero attached hydrogens (tertiary/aromatic N) is 1. The van der Waals surface area contributed by atoms with Crippen molar-refractivity contribution in [3.63, 3.8) is 0 Å². The molecule has 0 radical (unpaired) electrons. The summed E-state index contributed by atoms with van der Waals surface area (Å²) in [5.41, 5.74) is 3.40. The Kier molecular flexibility index (Phi) is 4.61. The average molecular weight is 351 g/mol. The van der Waals surface area contributed by atoms with Crippen LogP contribution in [0.3, 0.4) is 0 Å². The third kappa shape index (κ3) is 3.79. The first-order valence-electron chi connectivity index (χ1n) is 8.76. The number of methoxy groups -OCH3 is 1. The summed E-state index contributed by atoms with van der Waals surface area (Å²) >= 11 is 0. The number of fused-ring (bicyclic) bond motifs is 1. The molecule has 0 N–H and O–H groups in total. The van der Waals surface area contributed by atoms with E-state index in [0.29, 0.717) is 5.56 Å². The number of esters is 1. The summed E-state index contributed by atoms with van der Waals surface area (Å²) in [4.78, 5) is 16.0. The van der Waals surface area contributed by atoms with E-state index < -0.39 is 0 Å². The van der Waals surface area contributed by atoms with Crippen molar-refractivity contribution in [2.75, 3.05) is 7.11 Å². The summed E-state index contributed by atoms with van der Waals surface area (Å²) < 4.78 is 10.9. The molecule has 4 heteroatoms. The summed E-state index contributed by atoms with van der Waals surface area (Å²) in [5, 5.41) is 0. The van der Waals surface area contributed by atoms with Crippen molar-refractivity contribution >= 4 is 17.9 Å². The van der Waals surface area contributed by atoms with Gasteiger partial charge in [-0.1, -0.05) is 26.0 Å². The number of hydrogen-bond acceptors (Lipinski definition) is 4. The van der Waals surface area contributed by atoms with Gasteiger partial charge in [0.15, 0.2) is 0 Å². The SMILES string of the molecule is COC(=O)c1ccc(N=Cc2ccc3c(c2)OC(C)(C)CC3(C)C)cc1. The van der Waals surface area contributed by atoms with Crippen molar-refractivity contribution in [3.05, 3.63) is 59.2 Å². The number of carbonyl (C=O) groups is 1. The minimum atomic E-state index is -0.349. The van der Waals surface area contributed by atoms with Gasteiger partial charge in [0.05, 0.1) is 18.4 Å². The summed E-state index contributed by atoms with van der Waals surface area (Å²) in [6.45, 7) is 8.77. The van der Waals surface area contributed by atoms with E-state index in [1.165, 1.54) is 12.7 Å². The lowest BCUT2D eigenvalue weighted by Gasteiger charge is -2.42. The second-order valence-electron chi connectivity index (χ2n) is 7.97. The quantitative estimate of drug-likeness (QED) is 0.573. The Morgan fingerprint density at radius 2 is 1.81 bits per heavy atom. The molecule has 0 aromatic heterocycles. The molecule has 0 saturated carbocycles. The summed E-state index contributed by atoms with van der Waals surface area (Å²) in [7, 11) is 1.37. The van der Waals surface area contributed by atoms with E-state index in [4.69, 9.17) is 9.47 Å². The van der Waals surface area contributed by atoms with Crippen molar-refractivity contribution in [2.24, 2.45) is 4.99 Å². The van der Waals surface area contributed by atoms with Crippen molar-refractivity contribution in [1.29, 1.82) is 0 Å². The molecule has 4 nitrogen and oxygen atoms in total. The lowest BCUT2D eigenvalue weighted by molar-refractivity contribution is 0.0533. The van der Waals surface area contributed by atoms with Crippen molar-refractivity contribution < 1.29 is 14.3 Å². The number of carbonyl (C=O) groups excluding carboxylic acids is 1. The molecule has 0 atom stereocenters. The molecule has 26 heavy (non-hydrogen) atoms. The number of hydrogen-bond donors (Lipinski definition) is 0. The fraction of sp³-hybridized carbons (Fsp3) is 0.364. The van der Waals surface area contributed by atoms with E-state index in [9.17, 15) is 4.79 Å². The fourth-order valence-electron chi connectivity index (χ4n) is 3.71. The Morgan fingerprint density at radius 3 is 2.46 bits per heavy atom. The molecule has 0 saturated heterocycles. The summed E-state index contributed by atoms with van der Waals surface area (Å²) in [5.74, 6) is 0.578. The zero-order valence-electron chi connectivity index (χ0n) is 16.0. The average Bonchev–Trinajstić information content (AvgIpc) is 2.57. The standard InChI is InChI=1S/C22H25NO3/c1-21(2)14-22(3,4)26-19-12-15(6-11-18(19)21)13-23-17-9-7-16(8-10-17)20(24)25-5/h6-13H,14H2,1-5H3. The first kappa shape index (κ1) is 18.2.